The fraction of sp³-hybridized carbons (Fsp3) is 0.917. The molecule has 2 N–H and O–H groups in total. The molecule has 3 atom stereocenters. The van der Waals surface area contributed by atoms with Crippen molar-refractivity contribution in [2.75, 3.05) is 6.61 Å². The van der Waals surface area contributed by atoms with Crippen molar-refractivity contribution >= 4 is 5.97 Å². The molecule has 1 rings (SSSR count). The number of rotatable bonds is 4. The third kappa shape index (κ3) is 4.10. The maximum Gasteiger partial charge on any atom is 0.334 e. The van der Waals surface area contributed by atoms with Gasteiger partial charge in [-0.05, 0) is 26.7 Å². The van der Waals surface area contributed by atoms with E-state index >= 15 is 0 Å². The normalized spacial score (nSPS) is 28.2. The minimum atomic E-state index is -0.505. The van der Waals surface area contributed by atoms with Crippen LogP contribution in [-0.2, 0) is 14.3 Å². The first-order valence-corrected chi connectivity index (χ1v) is 6.22. The molecule has 1 aliphatic carbocycles. The van der Waals surface area contributed by atoms with Crippen molar-refractivity contribution in [2.45, 2.75) is 64.2 Å². The van der Waals surface area contributed by atoms with Crippen LogP contribution in [0.5, 0.6) is 0 Å². The van der Waals surface area contributed by atoms with Gasteiger partial charge in [-0.2, -0.15) is 0 Å². The number of ether oxygens (including phenoxy) is 2. The molecule has 4 nitrogen and oxygen atoms in total. The van der Waals surface area contributed by atoms with Crippen molar-refractivity contribution in [1.82, 2.24) is 0 Å². The molecule has 3 unspecified atom stereocenters. The minimum absolute atomic E-state index is 0.00176. The SMILES string of the molecule is CCOC(=O)C(C)OC1CCCCCC1N. The average molecular weight is 229 g/mol. The summed E-state index contributed by atoms with van der Waals surface area (Å²) in [5.74, 6) is -0.293. The van der Waals surface area contributed by atoms with Gasteiger partial charge >= 0.3 is 5.97 Å². The highest BCUT2D eigenvalue weighted by molar-refractivity contribution is 5.74. The second-order valence-electron chi connectivity index (χ2n) is 4.37. The molecule has 0 heterocycles. The number of hydrogen-bond acceptors (Lipinski definition) is 4. The molecule has 1 fully saturated rings. The molecule has 1 aliphatic rings. The highest BCUT2D eigenvalue weighted by atomic mass is 16.6. The van der Waals surface area contributed by atoms with Gasteiger partial charge in [0.1, 0.15) is 0 Å². The first-order chi connectivity index (χ1) is 7.65. The summed E-state index contributed by atoms with van der Waals surface area (Å²) in [5.41, 5.74) is 6.02. The third-order valence-corrected chi connectivity index (χ3v) is 3.00. The fourth-order valence-corrected chi connectivity index (χ4v) is 2.05. The largest absolute Gasteiger partial charge is 0.464 e. The lowest BCUT2D eigenvalue weighted by molar-refractivity contribution is -0.160. The quantitative estimate of drug-likeness (QED) is 0.587. The van der Waals surface area contributed by atoms with Gasteiger partial charge in [0.15, 0.2) is 6.10 Å². The lowest BCUT2D eigenvalue weighted by atomic mass is 10.1. The van der Waals surface area contributed by atoms with Crippen molar-refractivity contribution in [2.24, 2.45) is 5.73 Å². The molecule has 1 saturated carbocycles. The Hall–Kier alpha value is -0.610. The summed E-state index contributed by atoms with van der Waals surface area (Å²) in [6.45, 7) is 3.92. The molecule has 94 valence electrons. The van der Waals surface area contributed by atoms with E-state index in [1.165, 1.54) is 6.42 Å². The zero-order valence-electron chi connectivity index (χ0n) is 10.3. The molecule has 0 aromatic carbocycles. The predicted molar refractivity (Wildman–Crippen MR) is 62.0 cm³/mol. The monoisotopic (exact) mass is 229 g/mol. The summed E-state index contributed by atoms with van der Waals surface area (Å²) in [6, 6.07) is 0.0550. The highest BCUT2D eigenvalue weighted by Crippen LogP contribution is 2.20. The molecular formula is C12H23NO3. The zero-order valence-corrected chi connectivity index (χ0v) is 10.3. The van der Waals surface area contributed by atoms with Crippen LogP contribution in [0, 0.1) is 0 Å². The summed E-state index contributed by atoms with van der Waals surface area (Å²) in [7, 11) is 0. The van der Waals surface area contributed by atoms with Gasteiger partial charge in [0.05, 0.1) is 12.7 Å². The van der Waals surface area contributed by atoms with E-state index in [-0.39, 0.29) is 18.1 Å². The van der Waals surface area contributed by atoms with E-state index in [2.05, 4.69) is 0 Å². The first kappa shape index (κ1) is 13.5. The Morgan fingerprint density at radius 1 is 1.38 bits per heavy atom. The van der Waals surface area contributed by atoms with Gasteiger partial charge in [-0.3, -0.25) is 0 Å². The molecule has 0 aromatic rings. The summed E-state index contributed by atoms with van der Waals surface area (Å²) in [5, 5.41) is 0. The van der Waals surface area contributed by atoms with Crippen molar-refractivity contribution in [1.29, 1.82) is 0 Å². The van der Waals surface area contributed by atoms with Crippen LogP contribution in [-0.4, -0.2) is 30.8 Å². The van der Waals surface area contributed by atoms with E-state index in [9.17, 15) is 4.79 Å². The van der Waals surface area contributed by atoms with Crippen molar-refractivity contribution in [3.8, 4) is 0 Å². The molecule has 0 saturated heterocycles. The second kappa shape index (κ2) is 6.86. The van der Waals surface area contributed by atoms with Crippen LogP contribution in [0.1, 0.15) is 46.0 Å². The van der Waals surface area contributed by atoms with Crippen LogP contribution in [0.2, 0.25) is 0 Å². The van der Waals surface area contributed by atoms with E-state index in [4.69, 9.17) is 15.2 Å². The molecule has 0 spiro atoms. The smallest absolute Gasteiger partial charge is 0.334 e. The summed E-state index contributed by atoms with van der Waals surface area (Å²) < 4.78 is 10.6. The fourth-order valence-electron chi connectivity index (χ4n) is 2.05. The number of esters is 1. The molecule has 0 amide bonds. The van der Waals surface area contributed by atoms with Crippen LogP contribution in [0.15, 0.2) is 0 Å². The van der Waals surface area contributed by atoms with Crippen LogP contribution in [0.3, 0.4) is 0 Å². The Kier molecular flexibility index (Phi) is 5.77. The van der Waals surface area contributed by atoms with Crippen molar-refractivity contribution < 1.29 is 14.3 Å². The van der Waals surface area contributed by atoms with Crippen molar-refractivity contribution in [3.63, 3.8) is 0 Å². The van der Waals surface area contributed by atoms with Gasteiger partial charge < -0.3 is 15.2 Å². The number of nitrogens with two attached hydrogens (primary N) is 1. The second-order valence-corrected chi connectivity index (χ2v) is 4.37. The first-order valence-electron chi connectivity index (χ1n) is 6.22. The standard InChI is InChI=1S/C12H23NO3/c1-3-15-12(14)9(2)16-11-8-6-4-5-7-10(11)13/h9-11H,3-8,13H2,1-2H3. The van der Waals surface area contributed by atoms with Crippen LogP contribution < -0.4 is 5.73 Å². The lowest BCUT2D eigenvalue weighted by Crippen LogP contribution is -2.40. The Balaban J connectivity index is 2.41. The number of carbonyl (C=O) groups is 1. The topological polar surface area (TPSA) is 61.5 Å². The maximum atomic E-state index is 11.4. The Bertz CT molecular complexity index is 220. The van der Waals surface area contributed by atoms with Crippen LogP contribution in [0.4, 0.5) is 0 Å². The van der Waals surface area contributed by atoms with Gasteiger partial charge in [0.2, 0.25) is 0 Å². The molecule has 0 aliphatic heterocycles. The lowest BCUT2D eigenvalue weighted by Gasteiger charge is -2.24. The Morgan fingerprint density at radius 3 is 2.75 bits per heavy atom. The van der Waals surface area contributed by atoms with Crippen molar-refractivity contribution in [3.05, 3.63) is 0 Å². The maximum absolute atomic E-state index is 11.4. The molecular weight excluding hydrogens is 206 g/mol. The van der Waals surface area contributed by atoms with Gasteiger partial charge in [-0.15, -0.1) is 0 Å². The molecule has 0 radical (unpaired) electrons. The van der Waals surface area contributed by atoms with Gasteiger partial charge in [0, 0.05) is 6.04 Å². The van der Waals surface area contributed by atoms with Crippen LogP contribution in [0.25, 0.3) is 0 Å². The van der Waals surface area contributed by atoms with Crippen LogP contribution >= 0.6 is 0 Å². The van der Waals surface area contributed by atoms with Gasteiger partial charge in [-0.1, -0.05) is 19.3 Å². The van der Waals surface area contributed by atoms with Gasteiger partial charge in [0.25, 0.3) is 0 Å². The number of carbonyl (C=O) groups excluding carboxylic acids is 1. The Labute approximate surface area is 97.5 Å². The molecule has 4 heteroatoms. The highest BCUT2D eigenvalue weighted by Gasteiger charge is 2.26. The van der Waals surface area contributed by atoms with Gasteiger partial charge in [-0.25, -0.2) is 4.79 Å². The molecule has 0 aromatic heterocycles. The van der Waals surface area contributed by atoms with E-state index in [1.807, 2.05) is 0 Å². The zero-order chi connectivity index (χ0) is 12.0. The molecule has 0 bridgehead atoms. The molecule has 16 heavy (non-hydrogen) atoms. The Morgan fingerprint density at radius 2 is 2.06 bits per heavy atom. The van der Waals surface area contributed by atoms with E-state index < -0.39 is 6.10 Å². The summed E-state index contributed by atoms with van der Waals surface area (Å²) in [6.07, 6.45) is 4.94. The number of hydrogen-bond donors (Lipinski definition) is 1. The average Bonchev–Trinajstić information content (AvgIpc) is 2.45. The minimum Gasteiger partial charge on any atom is -0.464 e. The van der Waals surface area contributed by atoms with E-state index in [0.717, 1.165) is 25.7 Å². The summed E-state index contributed by atoms with van der Waals surface area (Å²) >= 11 is 0. The van der Waals surface area contributed by atoms with E-state index in [0.29, 0.717) is 6.61 Å². The third-order valence-electron chi connectivity index (χ3n) is 3.00. The van der Waals surface area contributed by atoms with E-state index in [1.54, 1.807) is 13.8 Å². The predicted octanol–water partition coefficient (Wildman–Crippen LogP) is 1.61. The summed E-state index contributed by atoms with van der Waals surface area (Å²) in [4.78, 5) is 11.4.